The van der Waals surface area contributed by atoms with E-state index in [1.54, 1.807) is 0 Å². The number of para-hydroxylation sites is 2. The molecule has 1 fully saturated rings. The number of aromatic nitrogens is 2. The Hall–Kier alpha value is -4.78. The highest BCUT2D eigenvalue weighted by molar-refractivity contribution is 6.31. The monoisotopic (exact) mass is 658 g/mol. The maximum Gasteiger partial charge on any atom is 0.254 e. The fourth-order valence-electron chi connectivity index (χ4n) is 6.58. The lowest BCUT2D eigenvalue weighted by Gasteiger charge is -2.25. The van der Waals surface area contributed by atoms with Gasteiger partial charge in [0, 0.05) is 58.1 Å². The molecule has 8 heteroatoms. The lowest BCUT2D eigenvalue weighted by atomic mass is 9.96. The summed E-state index contributed by atoms with van der Waals surface area (Å²) in [5.74, 6) is -0.109. The van der Waals surface area contributed by atoms with Crippen molar-refractivity contribution in [3.8, 4) is 22.5 Å². The van der Waals surface area contributed by atoms with Crippen LogP contribution in [0, 0.1) is 13.8 Å². The molecule has 4 aromatic carbocycles. The van der Waals surface area contributed by atoms with Gasteiger partial charge in [0.05, 0.1) is 33.5 Å². The van der Waals surface area contributed by atoms with Gasteiger partial charge in [-0.2, -0.15) is 0 Å². The molecule has 2 amide bonds. The fraction of sp³-hybridized carbons (Fsp3) is 0.179. The van der Waals surface area contributed by atoms with Gasteiger partial charge < -0.3 is 9.80 Å². The number of benzene rings is 4. The first-order valence-electron chi connectivity index (χ1n) is 15.7. The van der Waals surface area contributed by atoms with Crippen LogP contribution < -0.4 is 0 Å². The summed E-state index contributed by atoms with van der Waals surface area (Å²) in [6, 6.07) is 30.6. The van der Waals surface area contributed by atoms with Crippen molar-refractivity contribution in [3.63, 3.8) is 0 Å². The lowest BCUT2D eigenvalue weighted by molar-refractivity contribution is 0.0720. The number of fused-ring (bicyclic) bond motifs is 2. The molecule has 0 aliphatic carbocycles. The van der Waals surface area contributed by atoms with Crippen molar-refractivity contribution in [2.75, 3.05) is 26.2 Å². The van der Waals surface area contributed by atoms with E-state index in [4.69, 9.17) is 33.2 Å². The minimum absolute atomic E-state index is 0.0545. The van der Waals surface area contributed by atoms with Crippen molar-refractivity contribution in [1.82, 2.24) is 19.8 Å². The molecule has 0 unspecified atom stereocenters. The van der Waals surface area contributed by atoms with Gasteiger partial charge in [0.15, 0.2) is 0 Å². The van der Waals surface area contributed by atoms with Gasteiger partial charge in [-0.25, -0.2) is 9.97 Å². The normalized spacial score (nSPS) is 13.6. The minimum atomic E-state index is -0.0545. The number of carbonyl (C=O) groups is 2. The van der Waals surface area contributed by atoms with Gasteiger partial charge in [-0.3, -0.25) is 9.59 Å². The summed E-state index contributed by atoms with van der Waals surface area (Å²) in [6.45, 7) is 5.84. The second kappa shape index (κ2) is 12.8. The molecule has 6 nitrogen and oxygen atoms in total. The van der Waals surface area contributed by atoms with Gasteiger partial charge in [-0.05, 0) is 67.8 Å². The molecule has 6 aromatic rings. The molecule has 0 N–H and O–H groups in total. The first-order chi connectivity index (χ1) is 22.8. The van der Waals surface area contributed by atoms with E-state index >= 15 is 0 Å². The van der Waals surface area contributed by atoms with Crippen LogP contribution in [0.15, 0.2) is 97.1 Å². The molecule has 1 saturated heterocycles. The number of halogens is 2. The van der Waals surface area contributed by atoms with E-state index in [1.807, 2.05) is 121 Å². The standard InChI is InChI=1S/C39H32Cl2N4O2/c1-24-34(30-8-3-5-10-32(30)42-36(24)26-12-16-28(40)17-13-26)38(46)44-20-7-21-45(23-22-44)39(47)35-25(2)37(27-14-18-29(41)19-15-27)43-33-11-6-4-9-31(33)35/h3-6,8-19H,7,20-23H2,1-2H3. The molecule has 7 rings (SSSR count). The third kappa shape index (κ3) is 5.84. The predicted octanol–water partition coefficient (Wildman–Crippen LogP) is 9.03. The number of amides is 2. The number of carbonyl (C=O) groups excluding carboxylic acids is 2. The van der Waals surface area contributed by atoms with E-state index in [9.17, 15) is 9.59 Å². The second-order valence-electron chi connectivity index (χ2n) is 11.9. The zero-order valence-electron chi connectivity index (χ0n) is 26.1. The van der Waals surface area contributed by atoms with Crippen LogP contribution in [0.25, 0.3) is 44.3 Å². The van der Waals surface area contributed by atoms with Gasteiger partial charge in [-0.1, -0.05) is 83.9 Å². The van der Waals surface area contributed by atoms with Crippen LogP contribution in [0.1, 0.15) is 38.3 Å². The van der Waals surface area contributed by atoms with Crippen molar-refractivity contribution in [2.24, 2.45) is 0 Å². The molecular formula is C39H32Cl2N4O2. The van der Waals surface area contributed by atoms with E-state index in [2.05, 4.69) is 0 Å². The highest BCUT2D eigenvalue weighted by Crippen LogP contribution is 2.33. The Labute approximate surface area is 283 Å². The van der Waals surface area contributed by atoms with Gasteiger partial charge >= 0.3 is 0 Å². The van der Waals surface area contributed by atoms with Crippen LogP contribution >= 0.6 is 23.2 Å². The Kier molecular flexibility index (Phi) is 8.39. The molecule has 47 heavy (non-hydrogen) atoms. The number of hydrogen-bond donors (Lipinski definition) is 0. The summed E-state index contributed by atoms with van der Waals surface area (Å²) in [5.41, 5.74) is 7.76. The summed E-state index contributed by atoms with van der Waals surface area (Å²) in [4.78, 5) is 42.4. The van der Waals surface area contributed by atoms with Crippen molar-refractivity contribution >= 4 is 56.8 Å². The van der Waals surface area contributed by atoms with Crippen LogP contribution in [0.2, 0.25) is 10.0 Å². The third-order valence-corrected chi connectivity index (χ3v) is 9.51. The van der Waals surface area contributed by atoms with Crippen LogP contribution in [0.4, 0.5) is 0 Å². The Bertz CT molecular complexity index is 2010. The molecule has 234 valence electrons. The van der Waals surface area contributed by atoms with Crippen molar-refractivity contribution in [2.45, 2.75) is 20.3 Å². The van der Waals surface area contributed by atoms with Crippen LogP contribution in [-0.2, 0) is 0 Å². The Morgan fingerprint density at radius 1 is 0.553 bits per heavy atom. The maximum atomic E-state index is 14.4. The largest absolute Gasteiger partial charge is 0.337 e. The highest BCUT2D eigenvalue weighted by Gasteiger charge is 2.29. The first-order valence-corrected chi connectivity index (χ1v) is 16.4. The predicted molar refractivity (Wildman–Crippen MR) is 190 cm³/mol. The van der Waals surface area contributed by atoms with Crippen molar-refractivity contribution < 1.29 is 9.59 Å². The maximum absolute atomic E-state index is 14.4. The van der Waals surface area contributed by atoms with Gasteiger partial charge in [0.25, 0.3) is 11.8 Å². The van der Waals surface area contributed by atoms with Gasteiger partial charge in [0.2, 0.25) is 0 Å². The second-order valence-corrected chi connectivity index (χ2v) is 12.8. The molecule has 0 radical (unpaired) electrons. The van der Waals surface area contributed by atoms with Crippen molar-refractivity contribution in [3.05, 3.63) is 129 Å². The van der Waals surface area contributed by atoms with Crippen LogP contribution in [0.5, 0.6) is 0 Å². The number of rotatable bonds is 4. The molecule has 0 spiro atoms. The summed E-state index contributed by atoms with van der Waals surface area (Å²) in [5, 5.41) is 2.92. The third-order valence-electron chi connectivity index (χ3n) is 9.01. The van der Waals surface area contributed by atoms with E-state index in [0.717, 1.165) is 55.4 Å². The molecule has 2 aromatic heterocycles. The summed E-state index contributed by atoms with van der Waals surface area (Å²) in [7, 11) is 0. The zero-order chi connectivity index (χ0) is 32.7. The molecule has 1 aliphatic heterocycles. The van der Waals surface area contributed by atoms with Crippen molar-refractivity contribution in [1.29, 1.82) is 0 Å². The minimum Gasteiger partial charge on any atom is -0.337 e. The summed E-state index contributed by atoms with van der Waals surface area (Å²) < 4.78 is 0. The van der Waals surface area contributed by atoms with E-state index < -0.39 is 0 Å². The molecule has 0 saturated carbocycles. The topological polar surface area (TPSA) is 66.4 Å². The molecule has 1 aliphatic rings. The van der Waals surface area contributed by atoms with Crippen LogP contribution in [0.3, 0.4) is 0 Å². The average Bonchev–Trinajstić information content (AvgIpc) is 3.35. The highest BCUT2D eigenvalue weighted by atomic mass is 35.5. The van der Waals surface area contributed by atoms with Gasteiger partial charge in [0.1, 0.15) is 0 Å². The van der Waals surface area contributed by atoms with E-state index in [1.165, 1.54) is 0 Å². The fourth-order valence-corrected chi connectivity index (χ4v) is 6.84. The zero-order valence-corrected chi connectivity index (χ0v) is 27.6. The lowest BCUT2D eigenvalue weighted by Crippen LogP contribution is -2.38. The molecule has 0 atom stereocenters. The molecule has 3 heterocycles. The Morgan fingerprint density at radius 3 is 1.34 bits per heavy atom. The number of pyridine rings is 2. The van der Waals surface area contributed by atoms with E-state index in [-0.39, 0.29) is 11.8 Å². The smallest absolute Gasteiger partial charge is 0.254 e. The van der Waals surface area contributed by atoms with E-state index in [0.29, 0.717) is 53.8 Å². The average molecular weight is 660 g/mol. The SMILES string of the molecule is Cc1c(-c2ccc(Cl)cc2)nc2ccccc2c1C(=O)N1CCCN(C(=O)c2c(C)c(-c3ccc(Cl)cc3)nc3ccccc23)CC1. The Balaban J connectivity index is 1.21. The van der Waals surface area contributed by atoms with Gasteiger partial charge in [-0.15, -0.1) is 0 Å². The van der Waals surface area contributed by atoms with Crippen LogP contribution in [-0.4, -0.2) is 57.8 Å². The summed E-state index contributed by atoms with van der Waals surface area (Å²) >= 11 is 12.3. The summed E-state index contributed by atoms with van der Waals surface area (Å²) in [6.07, 6.45) is 0.662. The quantitative estimate of drug-likeness (QED) is 0.190. The first kappa shape index (κ1) is 30.9. The number of nitrogens with zero attached hydrogens (tertiary/aromatic N) is 4. The number of hydrogen-bond acceptors (Lipinski definition) is 4. The Morgan fingerprint density at radius 2 is 0.936 bits per heavy atom. The molecule has 0 bridgehead atoms. The molecular weight excluding hydrogens is 627 g/mol.